The van der Waals surface area contributed by atoms with Crippen LogP contribution in [0, 0.1) is 5.41 Å². The highest BCUT2D eigenvalue weighted by molar-refractivity contribution is 7.13. The van der Waals surface area contributed by atoms with Crippen molar-refractivity contribution in [1.82, 2.24) is 9.88 Å². The summed E-state index contributed by atoms with van der Waals surface area (Å²) >= 11 is 1.62. The SMILES string of the molecule is CCOc1ccc(-c2nc(CN3CCC(C)(C(=O)O)C3)cs2)cc1. The van der Waals surface area contributed by atoms with Gasteiger partial charge in [-0.15, -0.1) is 11.3 Å². The van der Waals surface area contributed by atoms with Gasteiger partial charge in [0.15, 0.2) is 0 Å². The first-order chi connectivity index (χ1) is 11.5. The lowest BCUT2D eigenvalue weighted by Crippen LogP contribution is -2.31. The first-order valence-corrected chi connectivity index (χ1v) is 9.01. The van der Waals surface area contributed by atoms with E-state index in [4.69, 9.17) is 9.72 Å². The van der Waals surface area contributed by atoms with E-state index in [9.17, 15) is 9.90 Å². The summed E-state index contributed by atoms with van der Waals surface area (Å²) in [6.45, 7) is 6.54. The number of benzene rings is 1. The Bertz CT molecular complexity index is 713. The number of aliphatic carboxylic acids is 1. The summed E-state index contributed by atoms with van der Waals surface area (Å²) in [5.74, 6) is 0.154. The van der Waals surface area contributed by atoms with Crippen molar-refractivity contribution < 1.29 is 14.6 Å². The number of aromatic nitrogens is 1. The molecule has 0 amide bonds. The Labute approximate surface area is 145 Å². The predicted octanol–water partition coefficient (Wildman–Crippen LogP) is 3.51. The van der Waals surface area contributed by atoms with Gasteiger partial charge in [0.05, 0.1) is 17.7 Å². The first kappa shape index (κ1) is 16.9. The lowest BCUT2D eigenvalue weighted by Gasteiger charge is -2.19. The van der Waals surface area contributed by atoms with Crippen LogP contribution in [-0.4, -0.2) is 40.7 Å². The Hall–Kier alpha value is -1.92. The third-order valence-corrected chi connectivity index (χ3v) is 5.36. The van der Waals surface area contributed by atoms with Crippen LogP contribution in [0.1, 0.15) is 26.0 Å². The van der Waals surface area contributed by atoms with E-state index in [0.29, 0.717) is 26.1 Å². The van der Waals surface area contributed by atoms with Gasteiger partial charge in [0, 0.05) is 24.0 Å². The molecule has 2 aromatic rings. The lowest BCUT2D eigenvalue weighted by molar-refractivity contribution is -0.147. The molecule has 5 nitrogen and oxygen atoms in total. The molecule has 1 atom stereocenters. The summed E-state index contributed by atoms with van der Waals surface area (Å²) < 4.78 is 5.46. The predicted molar refractivity (Wildman–Crippen MR) is 94.4 cm³/mol. The van der Waals surface area contributed by atoms with Gasteiger partial charge in [-0.25, -0.2) is 4.98 Å². The Morgan fingerprint density at radius 1 is 1.42 bits per heavy atom. The minimum absolute atomic E-state index is 0.582. The fraction of sp³-hybridized carbons (Fsp3) is 0.444. The minimum Gasteiger partial charge on any atom is -0.494 e. The van der Waals surface area contributed by atoms with Crippen molar-refractivity contribution in [3.63, 3.8) is 0 Å². The van der Waals surface area contributed by atoms with E-state index in [1.165, 1.54) is 0 Å². The summed E-state index contributed by atoms with van der Waals surface area (Å²) in [5, 5.41) is 12.4. The van der Waals surface area contributed by atoms with Crippen LogP contribution in [0.2, 0.25) is 0 Å². The van der Waals surface area contributed by atoms with E-state index < -0.39 is 11.4 Å². The Morgan fingerprint density at radius 3 is 2.79 bits per heavy atom. The average Bonchev–Trinajstić information content (AvgIpc) is 3.17. The lowest BCUT2D eigenvalue weighted by atomic mass is 9.90. The van der Waals surface area contributed by atoms with Crippen molar-refractivity contribution in [2.24, 2.45) is 5.41 Å². The third-order valence-electron chi connectivity index (χ3n) is 4.42. The molecule has 24 heavy (non-hydrogen) atoms. The van der Waals surface area contributed by atoms with Crippen LogP contribution in [0.25, 0.3) is 10.6 Å². The van der Waals surface area contributed by atoms with Gasteiger partial charge in [0.25, 0.3) is 0 Å². The van der Waals surface area contributed by atoms with Gasteiger partial charge >= 0.3 is 5.97 Å². The van der Waals surface area contributed by atoms with Crippen LogP contribution >= 0.6 is 11.3 Å². The molecular weight excluding hydrogens is 324 g/mol. The second-order valence-corrected chi connectivity index (χ2v) is 7.29. The van der Waals surface area contributed by atoms with Crippen molar-refractivity contribution in [3.8, 4) is 16.3 Å². The summed E-state index contributed by atoms with van der Waals surface area (Å²) in [6.07, 6.45) is 0.693. The van der Waals surface area contributed by atoms with Crippen LogP contribution < -0.4 is 4.74 Å². The second-order valence-electron chi connectivity index (χ2n) is 6.43. The number of carbonyl (C=O) groups is 1. The molecule has 1 fully saturated rings. The summed E-state index contributed by atoms with van der Waals surface area (Å²) in [7, 11) is 0. The minimum atomic E-state index is -0.710. The molecule has 128 valence electrons. The number of nitrogens with zero attached hydrogens (tertiary/aromatic N) is 2. The molecule has 1 unspecified atom stereocenters. The average molecular weight is 346 g/mol. The number of likely N-dealkylation sites (tertiary alicyclic amines) is 1. The Morgan fingerprint density at radius 2 is 2.17 bits per heavy atom. The summed E-state index contributed by atoms with van der Waals surface area (Å²) in [6, 6.07) is 7.95. The van der Waals surface area contributed by atoms with Gasteiger partial charge in [0.1, 0.15) is 10.8 Å². The zero-order chi connectivity index (χ0) is 17.2. The highest BCUT2D eigenvalue weighted by Crippen LogP contribution is 2.32. The molecule has 1 aliphatic rings. The fourth-order valence-corrected chi connectivity index (χ4v) is 3.78. The van der Waals surface area contributed by atoms with E-state index in [1.54, 1.807) is 11.3 Å². The molecule has 1 N–H and O–H groups in total. The maximum atomic E-state index is 11.3. The number of carboxylic acids is 1. The highest BCUT2D eigenvalue weighted by Gasteiger charge is 2.40. The van der Waals surface area contributed by atoms with Crippen molar-refractivity contribution in [2.45, 2.75) is 26.8 Å². The van der Waals surface area contributed by atoms with Crippen LogP contribution in [0.3, 0.4) is 0 Å². The second kappa shape index (κ2) is 6.91. The van der Waals surface area contributed by atoms with Crippen LogP contribution in [0.5, 0.6) is 5.75 Å². The van der Waals surface area contributed by atoms with Gasteiger partial charge in [-0.2, -0.15) is 0 Å². The molecule has 0 saturated carbocycles. The van der Waals surface area contributed by atoms with Gasteiger partial charge in [-0.1, -0.05) is 0 Å². The molecule has 3 rings (SSSR count). The number of thiazole rings is 1. The fourth-order valence-electron chi connectivity index (χ4n) is 2.97. The molecule has 1 aromatic heterocycles. The van der Waals surface area contributed by atoms with E-state index >= 15 is 0 Å². The maximum absolute atomic E-state index is 11.3. The quantitative estimate of drug-likeness (QED) is 0.867. The third kappa shape index (κ3) is 3.60. The van der Waals surface area contributed by atoms with Crippen molar-refractivity contribution in [3.05, 3.63) is 35.3 Å². The topological polar surface area (TPSA) is 62.7 Å². The highest BCUT2D eigenvalue weighted by atomic mass is 32.1. The molecule has 2 heterocycles. The zero-order valence-electron chi connectivity index (χ0n) is 14.0. The number of hydrogen-bond acceptors (Lipinski definition) is 5. The van der Waals surface area contributed by atoms with Gasteiger partial charge in [-0.05, 0) is 51.1 Å². The maximum Gasteiger partial charge on any atom is 0.310 e. The van der Waals surface area contributed by atoms with Crippen LogP contribution in [0.4, 0.5) is 0 Å². The monoisotopic (exact) mass is 346 g/mol. The van der Waals surface area contributed by atoms with E-state index in [-0.39, 0.29) is 0 Å². The number of carboxylic acid groups (broad SMARTS) is 1. The van der Waals surface area contributed by atoms with E-state index in [0.717, 1.165) is 28.6 Å². The molecule has 0 bridgehead atoms. The first-order valence-electron chi connectivity index (χ1n) is 8.13. The van der Waals surface area contributed by atoms with Crippen molar-refractivity contribution in [2.75, 3.05) is 19.7 Å². The van der Waals surface area contributed by atoms with Crippen LogP contribution in [-0.2, 0) is 11.3 Å². The van der Waals surface area contributed by atoms with Gasteiger partial charge < -0.3 is 9.84 Å². The van der Waals surface area contributed by atoms with Crippen molar-refractivity contribution >= 4 is 17.3 Å². The Kier molecular flexibility index (Phi) is 4.87. The van der Waals surface area contributed by atoms with E-state index in [1.807, 2.05) is 38.1 Å². The number of ether oxygens (including phenoxy) is 1. The van der Waals surface area contributed by atoms with E-state index in [2.05, 4.69) is 10.3 Å². The Balaban J connectivity index is 1.65. The molecule has 6 heteroatoms. The molecular formula is C18H22N2O3S. The molecule has 0 radical (unpaired) electrons. The zero-order valence-corrected chi connectivity index (χ0v) is 14.8. The molecule has 1 aromatic carbocycles. The van der Waals surface area contributed by atoms with Crippen molar-refractivity contribution in [1.29, 1.82) is 0 Å². The molecule has 1 saturated heterocycles. The smallest absolute Gasteiger partial charge is 0.310 e. The van der Waals surface area contributed by atoms with Gasteiger partial charge in [-0.3, -0.25) is 9.69 Å². The number of rotatable bonds is 6. The summed E-state index contributed by atoms with van der Waals surface area (Å²) in [5.41, 5.74) is 1.44. The standard InChI is InChI=1S/C18H22N2O3S/c1-3-23-15-6-4-13(5-7-15)16-19-14(11-24-16)10-20-9-8-18(2,12-20)17(21)22/h4-7,11H,3,8-10,12H2,1-2H3,(H,21,22). The normalized spacial score (nSPS) is 21.1. The summed E-state index contributed by atoms with van der Waals surface area (Å²) in [4.78, 5) is 18.2. The van der Waals surface area contributed by atoms with Crippen LogP contribution in [0.15, 0.2) is 29.6 Å². The molecule has 0 spiro atoms. The number of hydrogen-bond donors (Lipinski definition) is 1. The largest absolute Gasteiger partial charge is 0.494 e. The van der Waals surface area contributed by atoms with Gasteiger partial charge in [0.2, 0.25) is 0 Å². The molecule has 1 aliphatic heterocycles. The molecule has 0 aliphatic carbocycles.